The van der Waals surface area contributed by atoms with Crippen LogP contribution in [0, 0.1) is 5.92 Å². The van der Waals surface area contributed by atoms with Crippen LogP contribution in [0.4, 0.5) is 0 Å². The lowest BCUT2D eigenvalue weighted by molar-refractivity contribution is -0.136. The van der Waals surface area contributed by atoms with Crippen molar-refractivity contribution in [2.24, 2.45) is 22.4 Å². The fraction of sp³-hybridized carbons (Fsp3) is 0.600. The molecule has 86 valence electrons. The third-order valence-corrected chi connectivity index (χ3v) is 1.87. The molecule has 15 heavy (non-hydrogen) atoms. The SMILES string of the molecule is CC(C=CCC(=O)O)CCCN=C(N)N. The van der Waals surface area contributed by atoms with Crippen LogP contribution in [-0.2, 0) is 4.79 Å². The van der Waals surface area contributed by atoms with Crippen molar-refractivity contribution in [3.63, 3.8) is 0 Å². The minimum atomic E-state index is -0.807. The molecule has 0 fully saturated rings. The van der Waals surface area contributed by atoms with Crippen LogP contribution in [0.25, 0.3) is 0 Å². The highest BCUT2D eigenvalue weighted by Crippen LogP contribution is 2.07. The molecule has 5 nitrogen and oxygen atoms in total. The van der Waals surface area contributed by atoms with E-state index < -0.39 is 5.97 Å². The second-order valence-electron chi connectivity index (χ2n) is 3.45. The molecular weight excluding hydrogens is 194 g/mol. The van der Waals surface area contributed by atoms with E-state index in [1.54, 1.807) is 6.08 Å². The van der Waals surface area contributed by atoms with Gasteiger partial charge in [0.2, 0.25) is 0 Å². The van der Waals surface area contributed by atoms with Gasteiger partial charge in [0.1, 0.15) is 0 Å². The predicted molar refractivity (Wildman–Crippen MR) is 60.5 cm³/mol. The van der Waals surface area contributed by atoms with Crippen molar-refractivity contribution in [3.8, 4) is 0 Å². The highest BCUT2D eigenvalue weighted by Gasteiger charge is 1.97. The summed E-state index contributed by atoms with van der Waals surface area (Å²) >= 11 is 0. The second-order valence-corrected chi connectivity index (χ2v) is 3.45. The third-order valence-electron chi connectivity index (χ3n) is 1.87. The number of aliphatic imine (C=N–C) groups is 1. The summed E-state index contributed by atoms with van der Waals surface area (Å²) in [5.74, 6) is -0.332. The van der Waals surface area contributed by atoms with E-state index in [9.17, 15) is 4.79 Å². The van der Waals surface area contributed by atoms with Crippen LogP contribution in [0.3, 0.4) is 0 Å². The van der Waals surface area contributed by atoms with Gasteiger partial charge in [-0.05, 0) is 18.8 Å². The van der Waals surface area contributed by atoms with E-state index in [1.165, 1.54) is 0 Å². The fourth-order valence-corrected chi connectivity index (χ4v) is 1.12. The fourth-order valence-electron chi connectivity index (χ4n) is 1.12. The summed E-state index contributed by atoms with van der Waals surface area (Å²) in [6, 6.07) is 0. The number of guanidine groups is 1. The Balaban J connectivity index is 3.57. The van der Waals surface area contributed by atoms with Crippen LogP contribution in [0.15, 0.2) is 17.1 Å². The zero-order chi connectivity index (χ0) is 11.7. The Morgan fingerprint density at radius 3 is 2.73 bits per heavy atom. The Morgan fingerprint density at radius 2 is 2.20 bits per heavy atom. The molecule has 0 saturated carbocycles. The number of carbonyl (C=O) groups is 1. The molecule has 1 atom stereocenters. The highest BCUT2D eigenvalue weighted by atomic mass is 16.4. The molecule has 0 aromatic carbocycles. The summed E-state index contributed by atoms with van der Waals surface area (Å²) in [5.41, 5.74) is 10.3. The zero-order valence-corrected chi connectivity index (χ0v) is 9.02. The smallest absolute Gasteiger partial charge is 0.307 e. The lowest BCUT2D eigenvalue weighted by Crippen LogP contribution is -2.22. The summed E-state index contributed by atoms with van der Waals surface area (Å²) < 4.78 is 0. The molecule has 0 aliphatic carbocycles. The van der Waals surface area contributed by atoms with Gasteiger partial charge < -0.3 is 16.6 Å². The van der Waals surface area contributed by atoms with Crippen molar-refractivity contribution in [1.82, 2.24) is 0 Å². The van der Waals surface area contributed by atoms with Crippen LogP contribution in [0.1, 0.15) is 26.2 Å². The van der Waals surface area contributed by atoms with Crippen LogP contribution < -0.4 is 11.5 Å². The van der Waals surface area contributed by atoms with Crippen molar-refractivity contribution < 1.29 is 9.90 Å². The summed E-state index contributed by atoms with van der Waals surface area (Å²) in [5, 5.41) is 8.40. The number of rotatable bonds is 7. The zero-order valence-electron chi connectivity index (χ0n) is 9.02. The van der Waals surface area contributed by atoms with Crippen LogP contribution in [0.5, 0.6) is 0 Å². The topological polar surface area (TPSA) is 102 Å². The molecule has 0 aliphatic heterocycles. The van der Waals surface area contributed by atoms with Gasteiger partial charge in [0, 0.05) is 6.54 Å². The number of hydrogen-bond acceptors (Lipinski definition) is 2. The Morgan fingerprint density at radius 1 is 1.53 bits per heavy atom. The van der Waals surface area contributed by atoms with Crippen molar-refractivity contribution >= 4 is 11.9 Å². The largest absolute Gasteiger partial charge is 0.481 e. The predicted octanol–water partition coefficient (Wildman–Crippen LogP) is 0.707. The third kappa shape index (κ3) is 10.4. The summed E-state index contributed by atoms with van der Waals surface area (Å²) in [6.45, 7) is 2.66. The first-order valence-electron chi connectivity index (χ1n) is 4.96. The normalized spacial score (nSPS) is 12.6. The Labute approximate surface area is 89.9 Å². The Kier molecular flexibility index (Phi) is 7.05. The second kappa shape index (κ2) is 7.84. The summed E-state index contributed by atoms with van der Waals surface area (Å²) in [4.78, 5) is 14.1. The van der Waals surface area contributed by atoms with E-state index in [-0.39, 0.29) is 12.4 Å². The first-order valence-corrected chi connectivity index (χ1v) is 4.96. The van der Waals surface area contributed by atoms with Crippen molar-refractivity contribution in [3.05, 3.63) is 12.2 Å². The summed E-state index contributed by atoms with van der Waals surface area (Å²) in [7, 11) is 0. The average Bonchev–Trinajstić information content (AvgIpc) is 2.11. The number of nitrogens with zero attached hydrogens (tertiary/aromatic N) is 1. The van der Waals surface area contributed by atoms with Gasteiger partial charge in [-0.25, -0.2) is 0 Å². The van der Waals surface area contributed by atoms with Gasteiger partial charge in [-0.2, -0.15) is 0 Å². The molecule has 1 unspecified atom stereocenters. The first-order chi connectivity index (χ1) is 7.02. The molecule has 5 N–H and O–H groups in total. The van der Waals surface area contributed by atoms with Crippen LogP contribution >= 0.6 is 0 Å². The molecule has 0 bridgehead atoms. The Bertz CT molecular complexity index is 245. The Hall–Kier alpha value is -1.52. The molecule has 0 amide bonds. The van der Waals surface area contributed by atoms with E-state index in [0.29, 0.717) is 12.5 Å². The van der Waals surface area contributed by atoms with Gasteiger partial charge in [0.25, 0.3) is 0 Å². The maximum atomic E-state index is 10.2. The standard InChI is InChI=1S/C10H19N3O2/c1-8(4-2-6-9(14)15)5-3-7-13-10(11)12/h2,4,8H,3,5-7H2,1H3,(H,14,15)(H4,11,12,13). The number of aliphatic carboxylic acids is 1. The van der Waals surface area contributed by atoms with Crippen molar-refractivity contribution in [1.29, 1.82) is 0 Å². The molecule has 0 heterocycles. The molecule has 5 heteroatoms. The van der Waals surface area contributed by atoms with Gasteiger partial charge in [0.05, 0.1) is 6.42 Å². The number of carboxylic acids is 1. The monoisotopic (exact) mass is 213 g/mol. The first kappa shape index (κ1) is 13.5. The molecular formula is C10H19N3O2. The molecule has 0 rings (SSSR count). The number of hydrogen-bond donors (Lipinski definition) is 3. The lowest BCUT2D eigenvalue weighted by Gasteiger charge is -2.03. The number of allylic oxidation sites excluding steroid dienone is 1. The van der Waals surface area contributed by atoms with E-state index in [0.717, 1.165) is 12.8 Å². The minimum Gasteiger partial charge on any atom is -0.481 e. The molecule has 0 spiro atoms. The van der Waals surface area contributed by atoms with Crippen molar-refractivity contribution in [2.75, 3.05) is 6.54 Å². The summed E-state index contributed by atoms with van der Waals surface area (Å²) in [6.07, 6.45) is 5.51. The van der Waals surface area contributed by atoms with E-state index >= 15 is 0 Å². The molecule has 0 aromatic rings. The van der Waals surface area contributed by atoms with Gasteiger partial charge in [-0.15, -0.1) is 0 Å². The van der Waals surface area contributed by atoms with Crippen molar-refractivity contribution in [2.45, 2.75) is 26.2 Å². The molecule has 0 radical (unpaired) electrons. The average molecular weight is 213 g/mol. The van der Waals surface area contributed by atoms with E-state index in [2.05, 4.69) is 4.99 Å². The molecule has 0 aromatic heterocycles. The van der Waals surface area contributed by atoms with E-state index in [4.69, 9.17) is 16.6 Å². The maximum Gasteiger partial charge on any atom is 0.307 e. The van der Waals surface area contributed by atoms with Gasteiger partial charge >= 0.3 is 5.97 Å². The number of nitrogens with two attached hydrogens (primary N) is 2. The highest BCUT2D eigenvalue weighted by molar-refractivity contribution is 5.75. The van der Waals surface area contributed by atoms with E-state index in [1.807, 2.05) is 13.0 Å². The quantitative estimate of drug-likeness (QED) is 0.251. The molecule has 0 saturated heterocycles. The van der Waals surface area contributed by atoms with Gasteiger partial charge in [-0.3, -0.25) is 9.79 Å². The molecule has 0 aliphatic rings. The number of carboxylic acid groups (broad SMARTS) is 1. The van der Waals surface area contributed by atoms with Gasteiger partial charge in [-0.1, -0.05) is 19.1 Å². The minimum absolute atomic E-state index is 0.0816. The van der Waals surface area contributed by atoms with Gasteiger partial charge in [0.15, 0.2) is 5.96 Å². The van der Waals surface area contributed by atoms with Crippen LogP contribution in [0.2, 0.25) is 0 Å². The maximum absolute atomic E-state index is 10.2. The lowest BCUT2D eigenvalue weighted by atomic mass is 10.0. The van der Waals surface area contributed by atoms with Crippen LogP contribution in [-0.4, -0.2) is 23.6 Å².